The Kier molecular flexibility index (Phi) is 5.87. The van der Waals surface area contributed by atoms with Gasteiger partial charge in [0, 0.05) is 24.7 Å². The molecule has 1 atom stereocenters. The van der Waals surface area contributed by atoms with Gasteiger partial charge in [0.15, 0.2) is 11.5 Å². The predicted octanol–water partition coefficient (Wildman–Crippen LogP) is 2.58. The molecule has 0 aliphatic carbocycles. The lowest BCUT2D eigenvalue weighted by molar-refractivity contribution is -0.385. The number of rotatable bonds is 6. The molecule has 0 saturated carbocycles. The maximum atomic E-state index is 13.1. The van der Waals surface area contributed by atoms with Crippen LogP contribution in [-0.4, -0.2) is 49.1 Å². The van der Waals surface area contributed by atoms with E-state index in [-0.39, 0.29) is 17.3 Å². The molecule has 1 aliphatic rings. The smallest absolute Gasteiger partial charge is 0.273 e. The standard InChI is InChI=1S/C19H20N2O6/c1-25-16-8-7-15(21(23)24)13-17(16)27-18(14-5-3-2-4-6-14)19(22)20-9-11-26-12-10-20/h2-8,13,18H,9-12H2,1H3/t18-/m1/s1. The molecule has 1 heterocycles. The van der Waals surface area contributed by atoms with Crippen molar-refractivity contribution in [3.05, 3.63) is 64.2 Å². The molecule has 0 N–H and O–H groups in total. The Morgan fingerprint density at radius 3 is 2.48 bits per heavy atom. The molecule has 0 bridgehead atoms. The fourth-order valence-electron chi connectivity index (χ4n) is 2.84. The van der Waals surface area contributed by atoms with Crippen LogP contribution in [0.1, 0.15) is 11.7 Å². The summed E-state index contributed by atoms with van der Waals surface area (Å²) in [5.74, 6) is 0.233. The Balaban J connectivity index is 1.95. The second-order valence-corrected chi connectivity index (χ2v) is 5.94. The van der Waals surface area contributed by atoms with E-state index in [4.69, 9.17) is 14.2 Å². The number of carbonyl (C=O) groups excluding carboxylic acids is 1. The topological polar surface area (TPSA) is 91.1 Å². The second kappa shape index (κ2) is 8.50. The lowest BCUT2D eigenvalue weighted by Crippen LogP contribution is -2.44. The zero-order valence-electron chi connectivity index (χ0n) is 14.9. The van der Waals surface area contributed by atoms with Gasteiger partial charge in [-0.1, -0.05) is 30.3 Å². The van der Waals surface area contributed by atoms with Crippen LogP contribution >= 0.6 is 0 Å². The fourth-order valence-corrected chi connectivity index (χ4v) is 2.84. The van der Waals surface area contributed by atoms with E-state index in [1.54, 1.807) is 17.0 Å². The van der Waals surface area contributed by atoms with Gasteiger partial charge in [0.1, 0.15) is 0 Å². The zero-order valence-corrected chi connectivity index (χ0v) is 14.9. The molecule has 0 radical (unpaired) electrons. The predicted molar refractivity (Wildman–Crippen MR) is 96.9 cm³/mol. The number of nitro benzene ring substituents is 1. The van der Waals surface area contributed by atoms with Crippen molar-refractivity contribution in [1.82, 2.24) is 4.90 Å². The first kappa shape index (κ1) is 18.7. The molecule has 1 saturated heterocycles. The summed E-state index contributed by atoms with van der Waals surface area (Å²) in [6, 6.07) is 13.1. The lowest BCUT2D eigenvalue weighted by atomic mass is 10.1. The van der Waals surface area contributed by atoms with Crippen LogP contribution in [0.25, 0.3) is 0 Å². The summed E-state index contributed by atoms with van der Waals surface area (Å²) >= 11 is 0. The average molecular weight is 372 g/mol. The van der Waals surface area contributed by atoms with Crippen LogP contribution in [0.15, 0.2) is 48.5 Å². The van der Waals surface area contributed by atoms with Crippen LogP contribution in [0.2, 0.25) is 0 Å². The molecular formula is C19H20N2O6. The molecule has 0 spiro atoms. The van der Waals surface area contributed by atoms with Crippen molar-refractivity contribution in [2.75, 3.05) is 33.4 Å². The third kappa shape index (κ3) is 4.35. The molecule has 0 unspecified atom stereocenters. The highest BCUT2D eigenvalue weighted by molar-refractivity contribution is 5.83. The van der Waals surface area contributed by atoms with E-state index in [2.05, 4.69) is 0 Å². The van der Waals surface area contributed by atoms with E-state index < -0.39 is 11.0 Å². The molecule has 3 rings (SSSR count). The fraction of sp³-hybridized carbons (Fsp3) is 0.316. The summed E-state index contributed by atoms with van der Waals surface area (Å²) < 4.78 is 16.5. The minimum atomic E-state index is -0.944. The zero-order chi connectivity index (χ0) is 19.2. The average Bonchev–Trinajstić information content (AvgIpc) is 2.72. The van der Waals surface area contributed by atoms with Gasteiger partial charge >= 0.3 is 0 Å². The first-order valence-corrected chi connectivity index (χ1v) is 8.50. The molecule has 8 heteroatoms. The molecule has 142 valence electrons. The van der Waals surface area contributed by atoms with Crippen molar-refractivity contribution in [2.24, 2.45) is 0 Å². The Morgan fingerprint density at radius 1 is 1.15 bits per heavy atom. The van der Waals surface area contributed by atoms with Crippen molar-refractivity contribution < 1.29 is 23.9 Å². The van der Waals surface area contributed by atoms with Crippen molar-refractivity contribution in [1.29, 1.82) is 0 Å². The maximum absolute atomic E-state index is 13.1. The number of methoxy groups -OCH3 is 1. The van der Waals surface area contributed by atoms with Crippen LogP contribution in [0.3, 0.4) is 0 Å². The number of ether oxygens (including phenoxy) is 3. The number of nitro groups is 1. The largest absolute Gasteiger partial charge is 0.493 e. The molecule has 1 aliphatic heterocycles. The molecular weight excluding hydrogens is 352 g/mol. The van der Waals surface area contributed by atoms with Crippen LogP contribution < -0.4 is 9.47 Å². The summed E-state index contributed by atoms with van der Waals surface area (Å²) in [5, 5.41) is 11.1. The summed E-state index contributed by atoms with van der Waals surface area (Å²) in [4.78, 5) is 25.4. The number of morpholine rings is 1. The van der Waals surface area contributed by atoms with Crippen molar-refractivity contribution in [3.8, 4) is 11.5 Å². The highest BCUT2D eigenvalue weighted by Gasteiger charge is 2.30. The summed E-state index contributed by atoms with van der Waals surface area (Å²) in [7, 11) is 1.44. The SMILES string of the molecule is COc1ccc([N+](=O)[O-])cc1O[C@@H](C(=O)N1CCOCC1)c1ccccc1. The molecule has 2 aromatic carbocycles. The Labute approximate surface area is 156 Å². The number of non-ortho nitro benzene ring substituents is 1. The number of carbonyl (C=O) groups is 1. The van der Waals surface area contributed by atoms with Gasteiger partial charge in [-0.3, -0.25) is 14.9 Å². The van der Waals surface area contributed by atoms with Gasteiger partial charge in [-0.25, -0.2) is 0 Å². The van der Waals surface area contributed by atoms with Crippen molar-refractivity contribution >= 4 is 11.6 Å². The lowest BCUT2D eigenvalue weighted by Gasteiger charge is -2.30. The van der Waals surface area contributed by atoms with Gasteiger partial charge in [-0.15, -0.1) is 0 Å². The van der Waals surface area contributed by atoms with Gasteiger partial charge in [0.25, 0.3) is 11.6 Å². The van der Waals surface area contributed by atoms with Crippen molar-refractivity contribution in [2.45, 2.75) is 6.10 Å². The third-order valence-corrected chi connectivity index (χ3v) is 4.25. The minimum Gasteiger partial charge on any atom is -0.493 e. The quantitative estimate of drug-likeness (QED) is 0.572. The van der Waals surface area contributed by atoms with Crippen LogP contribution in [0.5, 0.6) is 11.5 Å². The minimum absolute atomic E-state index is 0.141. The molecule has 2 aromatic rings. The van der Waals surface area contributed by atoms with Crippen molar-refractivity contribution in [3.63, 3.8) is 0 Å². The first-order valence-electron chi connectivity index (χ1n) is 8.50. The molecule has 0 aromatic heterocycles. The van der Waals surface area contributed by atoms with Crippen LogP contribution in [0.4, 0.5) is 5.69 Å². The van der Waals surface area contributed by atoms with E-state index in [1.165, 1.54) is 25.3 Å². The number of hydrogen-bond acceptors (Lipinski definition) is 6. The number of benzene rings is 2. The Hall–Kier alpha value is -3.13. The molecule has 1 amide bonds. The van der Waals surface area contributed by atoms with Gasteiger partial charge in [0.2, 0.25) is 6.10 Å². The summed E-state index contributed by atoms with van der Waals surface area (Å²) in [6.07, 6.45) is -0.944. The van der Waals surface area contributed by atoms with Crippen LogP contribution in [0, 0.1) is 10.1 Å². The second-order valence-electron chi connectivity index (χ2n) is 5.94. The Morgan fingerprint density at radius 2 is 1.85 bits per heavy atom. The Bertz CT molecular complexity index is 805. The molecule has 27 heavy (non-hydrogen) atoms. The normalized spacial score (nSPS) is 15.1. The van der Waals surface area contributed by atoms with Gasteiger partial charge in [0.05, 0.1) is 31.3 Å². The van der Waals surface area contributed by atoms with E-state index >= 15 is 0 Å². The summed E-state index contributed by atoms with van der Waals surface area (Å²) in [5.41, 5.74) is 0.513. The number of hydrogen-bond donors (Lipinski definition) is 0. The van der Waals surface area contributed by atoms with Gasteiger partial charge in [-0.05, 0) is 6.07 Å². The third-order valence-electron chi connectivity index (χ3n) is 4.25. The van der Waals surface area contributed by atoms with E-state index in [0.717, 1.165) is 0 Å². The highest BCUT2D eigenvalue weighted by Crippen LogP contribution is 2.35. The molecule has 1 fully saturated rings. The molecule has 8 nitrogen and oxygen atoms in total. The van der Waals surface area contributed by atoms with E-state index in [0.29, 0.717) is 37.6 Å². The number of amides is 1. The number of nitrogens with zero attached hydrogens (tertiary/aromatic N) is 2. The van der Waals surface area contributed by atoms with Crippen LogP contribution in [-0.2, 0) is 9.53 Å². The van der Waals surface area contributed by atoms with Gasteiger partial charge in [-0.2, -0.15) is 0 Å². The van der Waals surface area contributed by atoms with E-state index in [1.807, 2.05) is 18.2 Å². The highest BCUT2D eigenvalue weighted by atomic mass is 16.6. The maximum Gasteiger partial charge on any atom is 0.273 e. The first-order chi connectivity index (χ1) is 13.1. The van der Waals surface area contributed by atoms with E-state index in [9.17, 15) is 14.9 Å². The summed E-state index contributed by atoms with van der Waals surface area (Å²) in [6.45, 7) is 1.87. The monoisotopic (exact) mass is 372 g/mol. The van der Waals surface area contributed by atoms with Gasteiger partial charge < -0.3 is 19.1 Å².